The van der Waals surface area contributed by atoms with Crippen LogP contribution in [-0.2, 0) is 14.2 Å². The molecule has 0 amide bonds. The van der Waals surface area contributed by atoms with E-state index in [0.717, 1.165) is 8.96 Å². The van der Waals surface area contributed by atoms with Gasteiger partial charge in [-0.25, -0.2) is 9.97 Å². The van der Waals surface area contributed by atoms with Crippen LogP contribution in [0.3, 0.4) is 0 Å². The van der Waals surface area contributed by atoms with Crippen molar-refractivity contribution in [2.45, 2.75) is 44.2 Å². The first-order valence-electron chi connectivity index (χ1n) is 7.30. The van der Waals surface area contributed by atoms with E-state index in [1.54, 1.807) is 0 Å². The molecule has 0 spiro atoms. The summed E-state index contributed by atoms with van der Waals surface area (Å²) in [6.07, 6.45) is 1.79. The molecule has 3 N–H and O–H groups in total. The van der Waals surface area contributed by atoms with Crippen LogP contribution in [0.4, 0.5) is 5.82 Å². The van der Waals surface area contributed by atoms with E-state index in [0.29, 0.717) is 11.5 Å². The number of nitrogens with zero attached hydrogens (tertiary/aromatic N) is 3. The number of ether oxygens (including phenoxy) is 3. The van der Waals surface area contributed by atoms with Gasteiger partial charge in [-0.05, 0) is 36.4 Å². The second kappa shape index (κ2) is 5.24. The number of anilines is 1. The van der Waals surface area contributed by atoms with E-state index >= 15 is 0 Å². The molecule has 0 radical (unpaired) electrons. The number of nitrogen functional groups attached to an aromatic ring is 1. The lowest BCUT2D eigenvalue weighted by Gasteiger charge is -2.24. The molecule has 8 nitrogen and oxygen atoms in total. The van der Waals surface area contributed by atoms with Gasteiger partial charge in [-0.1, -0.05) is 0 Å². The third-order valence-electron chi connectivity index (χ3n) is 4.17. The second-order valence-electron chi connectivity index (χ2n) is 6.15. The molecule has 2 aromatic rings. The Kier molecular flexibility index (Phi) is 3.54. The molecule has 23 heavy (non-hydrogen) atoms. The van der Waals surface area contributed by atoms with Crippen LogP contribution in [0.15, 0.2) is 12.5 Å². The molecule has 2 aromatic heterocycles. The van der Waals surface area contributed by atoms with Crippen molar-refractivity contribution in [3.63, 3.8) is 0 Å². The Bertz CT molecular complexity index is 765. The summed E-state index contributed by atoms with van der Waals surface area (Å²) < 4.78 is 20.7. The Labute approximate surface area is 146 Å². The summed E-state index contributed by atoms with van der Waals surface area (Å²) in [5.41, 5.74) is 6.64. The van der Waals surface area contributed by atoms with E-state index in [4.69, 9.17) is 19.9 Å². The molecule has 0 saturated carbocycles. The van der Waals surface area contributed by atoms with Crippen molar-refractivity contribution in [1.82, 2.24) is 14.5 Å². The Morgan fingerprint density at radius 2 is 2.09 bits per heavy atom. The molecular formula is C14H17IN4O4. The molecule has 9 heteroatoms. The largest absolute Gasteiger partial charge is 0.394 e. The SMILES string of the molecule is CC1(C)O[C@@H]2[C@H](O1)[C@@H](CO)O[C@H]2n1cc(I)c2c(N)ncnc21. The van der Waals surface area contributed by atoms with Gasteiger partial charge in [-0.2, -0.15) is 0 Å². The van der Waals surface area contributed by atoms with Gasteiger partial charge in [0.15, 0.2) is 12.0 Å². The first kappa shape index (κ1) is 15.5. The van der Waals surface area contributed by atoms with E-state index in [1.165, 1.54) is 6.33 Å². The van der Waals surface area contributed by atoms with E-state index in [2.05, 4.69) is 32.6 Å². The number of nitrogens with two attached hydrogens (primary N) is 1. The van der Waals surface area contributed by atoms with Gasteiger partial charge in [-0.3, -0.25) is 0 Å². The van der Waals surface area contributed by atoms with Gasteiger partial charge in [0.25, 0.3) is 0 Å². The fourth-order valence-corrected chi connectivity index (χ4v) is 4.10. The lowest BCUT2D eigenvalue weighted by atomic mass is 10.1. The predicted octanol–water partition coefficient (Wildman–Crippen LogP) is 1.03. The summed E-state index contributed by atoms with van der Waals surface area (Å²) in [6, 6.07) is 0. The van der Waals surface area contributed by atoms with Gasteiger partial charge in [0.1, 0.15) is 36.1 Å². The minimum Gasteiger partial charge on any atom is -0.394 e. The van der Waals surface area contributed by atoms with Crippen LogP contribution in [0.1, 0.15) is 20.1 Å². The van der Waals surface area contributed by atoms with E-state index in [-0.39, 0.29) is 18.8 Å². The van der Waals surface area contributed by atoms with Crippen molar-refractivity contribution in [2.75, 3.05) is 12.3 Å². The van der Waals surface area contributed by atoms with Gasteiger partial charge >= 0.3 is 0 Å². The minimum atomic E-state index is -0.713. The minimum absolute atomic E-state index is 0.134. The van der Waals surface area contributed by atoms with Crippen LogP contribution in [0.5, 0.6) is 0 Å². The zero-order valence-electron chi connectivity index (χ0n) is 12.6. The summed E-state index contributed by atoms with van der Waals surface area (Å²) in [5, 5.41) is 10.4. The molecule has 124 valence electrons. The average molecular weight is 432 g/mol. The Balaban J connectivity index is 1.81. The first-order chi connectivity index (χ1) is 10.9. The number of rotatable bonds is 2. The number of aliphatic hydroxyl groups excluding tert-OH is 1. The number of fused-ring (bicyclic) bond motifs is 2. The summed E-state index contributed by atoms with van der Waals surface area (Å²) in [5.74, 6) is -0.287. The summed E-state index contributed by atoms with van der Waals surface area (Å²) in [4.78, 5) is 8.38. The molecule has 0 bridgehead atoms. The average Bonchev–Trinajstić information content (AvgIpc) is 3.08. The number of halogens is 1. The predicted molar refractivity (Wildman–Crippen MR) is 89.5 cm³/mol. The molecule has 2 aliphatic heterocycles. The number of aliphatic hydroxyl groups is 1. The maximum absolute atomic E-state index is 9.59. The van der Waals surface area contributed by atoms with Crippen LogP contribution >= 0.6 is 22.6 Å². The van der Waals surface area contributed by atoms with Crippen molar-refractivity contribution in [3.05, 3.63) is 16.1 Å². The van der Waals surface area contributed by atoms with Crippen LogP contribution in [0.25, 0.3) is 11.0 Å². The highest BCUT2D eigenvalue weighted by Crippen LogP contribution is 2.44. The van der Waals surface area contributed by atoms with Crippen molar-refractivity contribution >= 4 is 39.4 Å². The molecule has 0 unspecified atom stereocenters. The van der Waals surface area contributed by atoms with Gasteiger partial charge in [0.2, 0.25) is 0 Å². The third kappa shape index (κ3) is 2.33. The van der Waals surface area contributed by atoms with Crippen LogP contribution in [-0.4, -0.2) is 50.3 Å². The maximum atomic E-state index is 9.59. The van der Waals surface area contributed by atoms with Gasteiger partial charge in [0, 0.05) is 9.77 Å². The molecule has 2 fully saturated rings. The highest BCUT2D eigenvalue weighted by atomic mass is 127. The molecule has 0 aromatic carbocycles. The molecular weight excluding hydrogens is 415 g/mol. The molecule has 0 aliphatic carbocycles. The van der Waals surface area contributed by atoms with Gasteiger partial charge in [-0.15, -0.1) is 0 Å². The Morgan fingerprint density at radius 3 is 2.83 bits per heavy atom. The summed E-state index contributed by atoms with van der Waals surface area (Å²) >= 11 is 2.19. The van der Waals surface area contributed by atoms with E-state index in [9.17, 15) is 5.11 Å². The molecule has 2 aliphatic rings. The zero-order valence-corrected chi connectivity index (χ0v) is 14.8. The fraction of sp³-hybridized carbons (Fsp3) is 0.571. The van der Waals surface area contributed by atoms with Crippen molar-refractivity contribution < 1.29 is 19.3 Å². The molecule has 4 atom stereocenters. The van der Waals surface area contributed by atoms with Crippen molar-refractivity contribution in [3.8, 4) is 0 Å². The standard InChI is InChI=1S/C14H17IN4O4/c1-14(2)22-9-7(4-20)21-13(10(9)23-14)19-3-6(15)8-11(16)17-5-18-12(8)19/h3,5,7,9-10,13,20H,4H2,1-2H3,(H2,16,17,18)/t7-,9-,10-,13-/m1/s1. The van der Waals surface area contributed by atoms with Crippen LogP contribution < -0.4 is 5.73 Å². The van der Waals surface area contributed by atoms with Gasteiger partial charge < -0.3 is 29.6 Å². The van der Waals surface area contributed by atoms with Crippen LogP contribution in [0, 0.1) is 3.57 Å². The first-order valence-corrected chi connectivity index (χ1v) is 8.37. The van der Waals surface area contributed by atoms with Gasteiger partial charge in [0.05, 0.1) is 12.0 Å². The maximum Gasteiger partial charge on any atom is 0.164 e. The quantitative estimate of drug-likeness (QED) is 0.684. The zero-order chi connectivity index (χ0) is 16.4. The monoisotopic (exact) mass is 432 g/mol. The summed E-state index contributed by atoms with van der Waals surface area (Å²) in [7, 11) is 0. The molecule has 2 saturated heterocycles. The number of hydrogen-bond donors (Lipinski definition) is 2. The second-order valence-corrected chi connectivity index (χ2v) is 7.32. The lowest BCUT2D eigenvalue weighted by Crippen LogP contribution is -2.31. The van der Waals surface area contributed by atoms with Crippen molar-refractivity contribution in [1.29, 1.82) is 0 Å². The topological polar surface area (TPSA) is 105 Å². The summed E-state index contributed by atoms with van der Waals surface area (Å²) in [6.45, 7) is 3.58. The smallest absolute Gasteiger partial charge is 0.164 e. The van der Waals surface area contributed by atoms with E-state index in [1.807, 2.05) is 24.6 Å². The van der Waals surface area contributed by atoms with E-state index < -0.39 is 18.1 Å². The van der Waals surface area contributed by atoms with Crippen LogP contribution in [0.2, 0.25) is 0 Å². The number of hydrogen-bond acceptors (Lipinski definition) is 7. The Morgan fingerprint density at radius 1 is 1.35 bits per heavy atom. The van der Waals surface area contributed by atoms with Crippen molar-refractivity contribution in [2.24, 2.45) is 0 Å². The number of aromatic nitrogens is 3. The lowest BCUT2D eigenvalue weighted by molar-refractivity contribution is -0.199. The fourth-order valence-electron chi connectivity index (χ4n) is 3.29. The highest BCUT2D eigenvalue weighted by molar-refractivity contribution is 14.1. The molecule has 4 rings (SSSR count). The Hall–Kier alpha value is -1.01. The normalized spacial score (nSPS) is 32.5. The molecule has 4 heterocycles. The highest BCUT2D eigenvalue weighted by Gasteiger charge is 2.55. The third-order valence-corrected chi connectivity index (χ3v) is 4.99.